The number of anilines is 1. The maximum Gasteiger partial charge on any atom is 0.226 e. The van der Waals surface area contributed by atoms with Crippen LogP contribution in [0.4, 0.5) is 5.82 Å². The zero-order valence-corrected chi connectivity index (χ0v) is 13.4. The molecule has 1 aliphatic heterocycles. The number of nitrogen functional groups attached to an aromatic ring is 1. The van der Waals surface area contributed by atoms with Gasteiger partial charge < -0.3 is 16.0 Å². The zero-order valence-electron chi connectivity index (χ0n) is 12.6. The molecule has 0 bridgehead atoms. The van der Waals surface area contributed by atoms with Gasteiger partial charge in [0.1, 0.15) is 11.5 Å². The number of H-pyrrole nitrogens is 1. The Hall–Kier alpha value is -1.82. The summed E-state index contributed by atoms with van der Waals surface area (Å²) in [4.78, 5) is 21.3. The molecule has 1 aliphatic rings. The first kappa shape index (κ1) is 17.2. The van der Waals surface area contributed by atoms with Crippen LogP contribution in [0.3, 0.4) is 0 Å². The quantitative estimate of drug-likeness (QED) is 0.652. The van der Waals surface area contributed by atoms with Crippen molar-refractivity contribution in [3.05, 3.63) is 17.5 Å². The first-order valence-electron chi connectivity index (χ1n) is 7.11. The Morgan fingerprint density at radius 1 is 1.38 bits per heavy atom. The van der Waals surface area contributed by atoms with Gasteiger partial charge in [-0.05, 0) is 30.5 Å². The van der Waals surface area contributed by atoms with Crippen LogP contribution in [-0.2, 0) is 4.79 Å². The van der Waals surface area contributed by atoms with E-state index in [1.807, 2.05) is 20.8 Å². The van der Waals surface area contributed by atoms with Gasteiger partial charge >= 0.3 is 0 Å². The molecule has 3 rings (SSSR count). The van der Waals surface area contributed by atoms with Gasteiger partial charge in [-0.1, -0.05) is 20.8 Å². The van der Waals surface area contributed by atoms with E-state index in [-0.39, 0.29) is 17.1 Å². The van der Waals surface area contributed by atoms with Crippen LogP contribution >= 0.6 is 11.6 Å². The summed E-state index contributed by atoms with van der Waals surface area (Å²) in [5.41, 5.74) is 6.21. The molecule has 21 heavy (non-hydrogen) atoms. The molecule has 0 saturated carbocycles. The molecular weight excluding hydrogens is 290 g/mol. The second kappa shape index (κ2) is 8.46. The second-order valence-corrected chi connectivity index (χ2v) is 4.79. The van der Waals surface area contributed by atoms with Crippen LogP contribution in [0, 0.1) is 5.92 Å². The molecule has 1 saturated heterocycles. The summed E-state index contributed by atoms with van der Waals surface area (Å²) in [5.74, 6) is 0.876. The lowest BCUT2D eigenvalue weighted by Gasteiger charge is -2.16. The number of amides is 1. The molecule has 6 nitrogen and oxygen atoms in total. The summed E-state index contributed by atoms with van der Waals surface area (Å²) >= 11 is 5.56. The second-order valence-electron chi connectivity index (χ2n) is 4.45. The van der Waals surface area contributed by atoms with Gasteiger partial charge in [0.25, 0.3) is 0 Å². The van der Waals surface area contributed by atoms with Crippen molar-refractivity contribution in [3.8, 4) is 0 Å². The lowest BCUT2D eigenvalue weighted by Crippen LogP contribution is -2.34. The van der Waals surface area contributed by atoms with Gasteiger partial charge in [0.2, 0.25) is 11.2 Å². The van der Waals surface area contributed by atoms with E-state index in [4.69, 9.17) is 17.3 Å². The standard InChI is InChI=1S/C6H5ClN4.C6H11NO.C2H6/c7-6-10-4(8)3-1-2-9-5(3)11-6;1-5-3-2-4-7-6(5)8;1-2/h1-2H,(H3,8,9,10,11);5H,2-4H2,1H3,(H,7,8);1-2H3. The fraction of sp³-hybridized carbons (Fsp3) is 0.500. The van der Waals surface area contributed by atoms with Crippen LogP contribution < -0.4 is 11.1 Å². The fourth-order valence-corrected chi connectivity index (χ4v) is 2.04. The highest BCUT2D eigenvalue weighted by molar-refractivity contribution is 6.28. The number of piperidine rings is 1. The Morgan fingerprint density at radius 2 is 2.10 bits per heavy atom. The molecule has 0 spiro atoms. The third-order valence-electron chi connectivity index (χ3n) is 2.98. The summed E-state index contributed by atoms with van der Waals surface area (Å²) < 4.78 is 0. The summed E-state index contributed by atoms with van der Waals surface area (Å²) in [6, 6.07) is 1.81. The third kappa shape index (κ3) is 4.90. The van der Waals surface area contributed by atoms with E-state index < -0.39 is 0 Å². The molecular formula is C14H22ClN5O. The Bertz CT molecular complexity index is 584. The molecule has 1 unspecified atom stereocenters. The van der Waals surface area contributed by atoms with E-state index in [0.29, 0.717) is 11.5 Å². The highest BCUT2D eigenvalue weighted by Crippen LogP contribution is 2.17. The van der Waals surface area contributed by atoms with Crippen LogP contribution in [0.25, 0.3) is 11.0 Å². The lowest BCUT2D eigenvalue weighted by molar-refractivity contribution is -0.125. The number of hydrogen-bond acceptors (Lipinski definition) is 4. The van der Waals surface area contributed by atoms with Gasteiger partial charge in [-0.3, -0.25) is 4.79 Å². The van der Waals surface area contributed by atoms with E-state index in [9.17, 15) is 4.79 Å². The highest BCUT2D eigenvalue weighted by Gasteiger charge is 2.15. The molecule has 7 heteroatoms. The smallest absolute Gasteiger partial charge is 0.226 e. The number of rotatable bonds is 0. The van der Waals surface area contributed by atoms with Gasteiger partial charge in [-0.25, -0.2) is 4.98 Å². The van der Waals surface area contributed by atoms with E-state index >= 15 is 0 Å². The predicted molar refractivity (Wildman–Crippen MR) is 86.1 cm³/mol. The normalized spacial score (nSPS) is 17.1. The number of aromatic nitrogens is 3. The van der Waals surface area contributed by atoms with Crippen molar-refractivity contribution in [2.75, 3.05) is 12.3 Å². The first-order chi connectivity index (χ1) is 10.1. The Morgan fingerprint density at radius 3 is 2.67 bits per heavy atom. The number of aromatic amines is 1. The molecule has 1 amide bonds. The maximum atomic E-state index is 10.7. The molecule has 2 aromatic heterocycles. The maximum absolute atomic E-state index is 10.7. The van der Waals surface area contributed by atoms with Crippen molar-refractivity contribution in [3.63, 3.8) is 0 Å². The molecule has 0 radical (unpaired) electrons. The summed E-state index contributed by atoms with van der Waals surface area (Å²) in [5, 5.41) is 3.76. The predicted octanol–water partition coefficient (Wildman–Crippen LogP) is 2.75. The number of nitrogens with one attached hydrogen (secondary N) is 2. The molecule has 4 N–H and O–H groups in total. The molecule has 1 fully saturated rings. The monoisotopic (exact) mass is 311 g/mol. The molecule has 2 aromatic rings. The average molecular weight is 312 g/mol. The molecule has 3 heterocycles. The number of fused-ring (bicyclic) bond motifs is 1. The van der Waals surface area contributed by atoms with Crippen molar-refractivity contribution < 1.29 is 4.79 Å². The van der Waals surface area contributed by atoms with Crippen molar-refractivity contribution in [2.45, 2.75) is 33.6 Å². The van der Waals surface area contributed by atoms with Crippen LogP contribution in [0.15, 0.2) is 12.3 Å². The Labute approximate surface area is 129 Å². The molecule has 1 atom stereocenters. The summed E-state index contributed by atoms with van der Waals surface area (Å²) in [6.45, 7) is 6.84. The lowest BCUT2D eigenvalue weighted by atomic mass is 10.0. The van der Waals surface area contributed by atoms with Crippen molar-refractivity contribution >= 4 is 34.4 Å². The van der Waals surface area contributed by atoms with Gasteiger partial charge in [-0.2, -0.15) is 4.98 Å². The van der Waals surface area contributed by atoms with E-state index in [2.05, 4.69) is 20.3 Å². The topological polar surface area (TPSA) is 96.7 Å². The Kier molecular flexibility index (Phi) is 6.94. The average Bonchev–Trinajstić information content (AvgIpc) is 2.94. The third-order valence-corrected chi connectivity index (χ3v) is 3.15. The van der Waals surface area contributed by atoms with E-state index in [0.717, 1.165) is 24.8 Å². The van der Waals surface area contributed by atoms with E-state index in [1.165, 1.54) is 0 Å². The van der Waals surface area contributed by atoms with Crippen LogP contribution in [0.5, 0.6) is 0 Å². The minimum absolute atomic E-state index is 0.164. The number of carbonyl (C=O) groups is 1. The van der Waals surface area contributed by atoms with E-state index in [1.54, 1.807) is 12.3 Å². The van der Waals surface area contributed by atoms with Crippen molar-refractivity contribution in [1.82, 2.24) is 20.3 Å². The molecule has 116 valence electrons. The van der Waals surface area contributed by atoms with Gasteiger partial charge in [0.15, 0.2) is 0 Å². The largest absolute Gasteiger partial charge is 0.383 e. The number of carbonyl (C=O) groups excluding carboxylic acids is 1. The van der Waals surface area contributed by atoms with Crippen LogP contribution in [0.2, 0.25) is 5.28 Å². The summed E-state index contributed by atoms with van der Waals surface area (Å²) in [6.07, 6.45) is 3.95. The summed E-state index contributed by atoms with van der Waals surface area (Å²) in [7, 11) is 0. The number of halogens is 1. The minimum Gasteiger partial charge on any atom is -0.383 e. The van der Waals surface area contributed by atoms with Crippen molar-refractivity contribution in [1.29, 1.82) is 0 Å². The van der Waals surface area contributed by atoms with Gasteiger partial charge in [0, 0.05) is 18.7 Å². The number of nitrogens with zero attached hydrogens (tertiary/aromatic N) is 2. The number of hydrogen-bond donors (Lipinski definition) is 3. The zero-order chi connectivity index (χ0) is 15.8. The SMILES string of the molecule is CC.CC1CCCNC1=O.Nc1nc(Cl)nc2[nH]ccc12. The van der Waals surface area contributed by atoms with Crippen LogP contribution in [0.1, 0.15) is 33.6 Å². The van der Waals surface area contributed by atoms with Crippen LogP contribution in [-0.4, -0.2) is 27.4 Å². The van der Waals surface area contributed by atoms with Crippen molar-refractivity contribution in [2.24, 2.45) is 5.92 Å². The molecule has 0 aromatic carbocycles. The first-order valence-corrected chi connectivity index (χ1v) is 7.49. The van der Waals surface area contributed by atoms with Gasteiger partial charge in [-0.15, -0.1) is 0 Å². The molecule has 0 aliphatic carbocycles. The minimum atomic E-state index is 0.164. The Balaban J connectivity index is 0.000000196. The fourth-order valence-electron chi connectivity index (χ4n) is 1.86. The van der Waals surface area contributed by atoms with Gasteiger partial charge in [0.05, 0.1) is 5.39 Å². The number of nitrogens with two attached hydrogens (primary N) is 1. The highest BCUT2D eigenvalue weighted by atomic mass is 35.5.